The molecule has 6 aliphatic rings. The van der Waals surface area contributed by atoms with Crippen molar-refractivity contribution in [2.75, 3.05) is 24.6 Å². The average molecular weight is 378 g/mol. The number of carbonyl (C=O) groups is 2. The standard InChI is InChI=1S/C22H22N2O4/c25-12-28-22-20-14-9-18-21(22)6-7-23(18)11-13(14)5-8-27-17(20)10-19(26)24(22)16-4-2-1-3-15(16)21/h1-5,12,14,17-18,20H,6-11H2/t14-,17?,18-,20+,21+,22?/m0/s1. The third kappa shape index (κ3) is 1.41. The van der Waals surface area contributed by atoms with Crippen LogP contribution in [0.1, 0.15) is 24.8 Å². The van der Waals surface area contributed by atoms with Gasteiger partial charge in [-0.25, -0.2) is 0 Å². The molecule has 3 saturated heterocycles. The van der Waals surface area contributed by atoms with Crippen molar-refractivity contribution in [3.05, 3.63) is 41.5 Å². The van der Waals surface area contributed by atoms with E-state index >= 15 is 0 Å². The predicted octanol–water partition coefficient (Wildman–Crippen LogP) is 1.59. The number of fused-ring (bicyclic) bond motifs is 2. The van der Waals surface area contributed by atoms with Crippen LogP contribution in [0, 0.1) is 11.8 Å². The van der Waals surface area contributed by atoms with Crippen molar-refractivity contribution in [3.63, 3.8) is 0 Å². The Bertz CT molecular complexity index is 960. The van der Waals surface area contributed by atoms with Crippen molar-refractivity contribution < 1.29 is 19.1 Å². The Hall–Kier alpha value is -2.18. The molecule has 0 N–H and O–H groups in total. The Balaban J connectivity index is 1.61. The molecule has 2 bridgehead atoms. The van der Waals surface area contributed by atoms with Gasteiger partial charge in [0.2, 0.25) is 11.6 Å². The minimum atomic E-state index is -0.982. The second-order valence-corrected chi connectivity index (χ2v) is 9.09. The molecule has 7 rings (SSSR count). The Labute approximate surface area is 163 Å². The number of hydrogen-bond acceptors (Lipinski definition) is 5. The molecule has 1 amide bonds. The van der Waals surface area contributed by atoms with Gasteiger partial charge in [-0.3, -0.25) is 19.4 Å². The van der Waals surface area contributed by atoms with E-state index in [1.807, 2.05) is 17.0 Å². The summed E-state index contributed by atoms with van der Waals surface area (Å²) in [5.41, 5.74) is 2.15. The van der Waals surface area contributed by atoms with E-state index in [1.54, 1.807) is 0 Å². The van der Waals surface area contributed by atoms with Gasteiger partial charge in [-0.15, -0.1) is 0 Å². The van der Waals surface area contributed by atoms with Crippen LogP contribution in [0.4, 0.5) is 5.69 Å². The van der Waals surface area contributed by atoms with Gasteiger partial charge in [0.1, 0.15) is 0 Å². The van der Waals surface area contributed by atoms with E-state index in [2.05, 4.69) is 23.1 Å². The predicted molar refractivity (Wildman–Crippen MR) is 99.5 cm³/mol. The van der Waals surface area contributed by atoms with Crippen LogP contribution in [0.5, 0.6) is 0 Å². The molecule has 5 aliphatic heterocycles. The third-order valence-corrected chi connectivity index (χ3v) is 8.53. The number of nitrogens with zero attached hydrogens (tertiary/aromatic N) is 2. The van der Waals surface area contributed by atoms with Crippen molar-refractivity contribution >= 4 is 18.1 Å². The quantitative estimate of drug-likeness (QED) is 0.578. The fraction of sp³-hybridized carbons (Fsp3) is 0.545. The zero-order valence-corrected chi connectivity index (χ0v) is 15.5. The van der Waals surface area contributed by atoms with E-state index in [0.717, 1.165) is 31.6 Å². The van der Waals surface area contributed by atoms with Gasteiger partial charge in [0, 0.05) is 12.6 Å². The van der Waals surface area contributed by atoms with Crippen LogP contribution in [0.2, 0.25) is 0 Å². The molecule has 0 aromatic heterocycles. The summed E-state index contributed by atoms with van der Waals surface area (Å²) in [5.74, 6) is 0.284. The lowest BCUT2D eigenvalue weighted by Crippen LogP contribution is -2.78. The van der Waals surface area contributed by atoms with Crippen LogP contribution in [-0.4, -0.2) is 54.8 Å². The molecule has 4 fully saturated rings. The van der Waals surface area contributed by atoms with Gasteiger partial charge in [-0.1, -0.05) is 29.8 Å². The van der Waals surface area contributed by atoms with Gasteiger partial charge < -0.3 is 9.47 Å². The lowest BCUT2D eigenvalue weighted by atomic mass is 9.51. The number of benzene rings is 1. The summed E-state index contributed by atoms with van der Waals surface area (Å²) in [4.78, 5) is 29.8. The largest absolute Gasteiger partial charge is 0.439 e. The van der Waals surface area contributed by atoms with Gasteiger partial charge in [0.05, 0.1) is 36.2 Å². The number of ether oxygens (including phenoxy) is 2. The topological polar surface area (TPSA) is 59.1 Å². The van der Waals surface area contributed by atoms with Crippen LogP contribution in [0.25, 0.3) is 0 Å². The number of rotatable bonds is 2. The smallest absolute Gasteiger partial charge is 0.295 e. The highest BCUT2D eigenvalue weighted by Crippen LogP contribution is 2.70. The van der Waals surface area contributed by atoms with Gasteiger partial charge in [-0.2, -0.15) is 0 Å². The first-order valence-electron chi connectivity index (χ1n) is 10.3. The van der Waals surface area contributed by atoms with Crippen molar-refractivity contribution in [1.29, 1.82) is 0 Å². The fourth-order valence-electron chi connectivity index (χ4n) is 7.87. The molecule has 28 heavy (non-hydrogen) atoms. The van der Waals surface area contributed by atoms with Crippen molar-refractivity contribution in [1.82, 2.24) is 4.90 Å². The summed E-state index contributed by atoms with van der Waals surface area (Å²) in [6.07, 6.45) is 4.31. The van der Waals surface area contributed by atoms with E-state index in [0.29, 0.717) is 25.4 Å². The molecular formula is C22H22N2O4. The van der Waals surface area contributed by atoms with E-state index in [4.69, 9.17) is 9.47 Å². The zero-order chi connectivity index (χ0) is 18.7. The van der Waals surface area contributed by atoms with Crippen LogP contribution >= 0.6 is 0 Å². The number of carbonyl (C=O) groups excluding carboxylic acids is 2. The summed E-state index contributed by atoms with van der Waals surface area (Å²) in [6, 6.07) is 8.49. The highest BCUT2D eigenvalue weighted by Gasteiger charge is 2.80. The van der Waals surface area contributed by atoms with E-state index in [1.165, 1.54) is 11.1 Å². The first-order valence-corrected chi connectivity index (χ1v) is 10.3. The molecule has 6 nitrogen and oxygen atoms in total. The minimum absolute atomic E-state index is 0.00861. The maximum Gasteiger partial charge on any atom is 0.295 e. The molecule has 2 unspecified atom stereocenters. The lowest BCUT2D eigenvalue weighted by molar-refractivity contribution is -0.211. The van der Waals surface area contributed by atoms with Gasteiger partial charge in [0.15, 0.2) is 0 Å². The molecule has 144 valence electrons. The van der Waals surface area contributed by atoms with Crippen molar-refractivity contribution in [2.24, 2.45) is 11.8 Å². The third-order valence-electron chi connectivity index (χ3n) is 8.53. The average Bonchev–Trinajstić information content (AvgIpc) is 3.13. The van der Waals surface area contributed by atoms with Crippen LogP contribution < -0.4 is 4.90 Å². The summed E-state index contributed by atoms with van der Waals surface area (Å²) < 4.78 is 12.4. The molecule has 0 radical (unpaired) electrons. The molecule has 1 spiro atoms. The summed E-state index contributed by atoms with van der Waals surface area (Å²) in [6.45, 7) is 3.05. The van der Waals surface area contributed by atoms with E-state index in [9.17, 15) is 9.59 Å². The SMILES string of the molecule is O=COC12[C@H]3C4CC(=O)N1c1ccccc1[C@@]21CCN2CC(=CCO4)[C@@H]3C[C@H]21. The number of hydrogen-bond donors (Lipinski definition) is 0. The normalized spacial score (nSPS) is 44.6. The van der Waals surface area contributed by atoms with Crippen molar-refractivity contribution in [2.45, 2.75) is 42.5 Å². The molecule has 5 heterocycles. The first-order chi connectivity index (χ1) is 13.7. The van der Waals surface area contributed by atoms with Gasteiger partial charge in [-0.05, 0) is 36.9 Å². The molecule has 1 aromatic rings. The number of amides is 1. The van der Waals surface area contributed by atoms with Crippen molar-refractivity contribution in [3.8, 4) is 0 Å². The molecule has 6 heteroatoms. The van der Waals surface area contributed by atoms with E-state index in [-0.39, 0.29) is 29.4 Å². The summed E-state index contributed by atoms with van der Waals surface area (Å²) >= 11 is 0. The van der Waals surface area contributed by atoms with Gasteiger partial charge in [0.25, 0.3) is 6.47 Å². The number of anilines is 1. The maximum absolute atomic E-state index is 13.5. The van der Waals surface area contributed by atoms with Gasteiger partial charge >= 0.3 is 0 Å². The summed E-state index contributed by atoms with van der Waals surface area (Å²) in [7, 11) is 0. The Morgan fingerprint density at radius 1 is 1.29 bits per heavy atom. The zero-order valence-electron chi connectivity index (χ0n) is 15.5. The Morgan fingerprint density at radius 3 is 3.07 bits per heavy atom. The second-order valence-electron chi connectivity index (χ2n) is 9.09. The Kier molecular flexibility index (Phi) is 2.73. The van der Waals surface area contributed by atoms with Crippen LogP contribution in [0.15, 0.2) is 35.9 Å². The molecule has 1 saturated carbocycles. The summed E-state index contributed by atoms with van der Waals surface area (Å²) in [5, 5.41) is 0. The van der Waals surface area contributed by atoms with Crippen LogP contribution in [-0.2, 0) is 24.5 Å². The second kappa shape index (κ2) is 4.86. The monoisotopic (exact) mass is 378 g/mol. The molecular weight excluding hydrogens is 356 g/mol. The lowest BCUT2D eigenvalue weighted by Gasteiger charge is -2.63. The Morgan fingerprint density at radius 2 is 2.18 bits per heavy atom. The van der Waals surface area contributed by atoms with Crippen LogP contribution in [0.3, 0.4) is 0 Å². The minimum Gasteiger partial charge on any atom is -0.439 e. The maximum atomic E-state index is 13.5. The first kappa shape index (κ1) is 15.7. The highest BCUT2D eigenvalue weighted by molar-refractivity contribution is 6.00. The molecule has 1 aromatic carbocycles. The molecule has 1 aliphatic carbocycles. The molecule has 6 atom stereocenters. The van der Waals surface area contributed by atoms with E-state index < -0.39 is 5.72 Å². The number of para-hydroxylation sites is 1. The number of piperidine rings is 2. The highest BCUT2D eigenvalue weighted by atomic mass is 16.6. The fourth-order valence-corrected chi connectivity index (χ4v) is 7.87.